The molecule has 0 aliphatic carbocycles. The number of furan rings is 1. The molecule has 9 aromatic rings. The number of fused-ring (bicyclic) bond motifs is 10. The summed E-state index contributed by atoms with van der Waals surface area (Å²) >= 11 is 0.950. The Bertz CT molecular complexity index is 3330. The predicted octanol–water partition coefficient (Wildman–Crippen LogP) is 10.7. The average Bonchev–Trinajstić information content (AvgIpc) is 3.89. The Kier molecular flexibility index (Phi) is 2.15. The van der Waals surface area contributed by atoms with Crippen molar-refractivity contribution in [2.45, 2.75) is 0 Å². The molecule has 3 heteroatoms. The molecule has 39 heavy (non-hydrogen) atoms. The highest BCUT2D eigenvalue weighted by molar-refractivity contribution is 7.26. The summed E-state index contributed by atoms with van der Waals surface area (Å²) in [5.41, 5.74) is 0.134. The number of para-hydroxylation sites is 2. The monoisotopic (exact) mass is 532 g/mol. The van der Waals surface area contributed by atoms with E-state index in [9.17, 15) is 1.37 Å². The smallest absolute Gasteiger partial charge is 0.135 e. The molecule has 0 atom stereocenters. The summed E-state index contributed by atoms with van der Waals surface area (Å²) in [6, 6.07) is -1.74. The molecule has 0 fully saturated rings. The van der Waals surface area contributed by atoms with E-state index in [2.05, 4.69) is 0 Å². The molecule has 0 spiro atoms. The van der Waals surface area contributed by atoms with Crippen LogP contribution in [0, 0.1) is 0 Å². The largest absolute Gasteiger partial charge is 0.456 e. The van der Waals surface area contributed by atoms with Crippen LogP contribution in [0.15, 0.2) is 131 Å². The zero-order valence-electron chi connectivity index (χ0n) is 36.6. The number of nitrogens with zero attached hydrogens (tertiary/aromatic N) is 1. The first-order valence-electron chi connectivity index (χ1n) is 20.3. The summed E-state index contributed by atoms with van der Waals surface area (Å²) in [7, 11) is 0. The van der Waals surface area contributed by atoms with Crippen molar-refractivity contribution in [3.63, 3.8) is 0 Å². The standard InChI is InChI=1S/C36H21NOS/c1-4-10-31-25(7-1)28-18-19-29-27-9-3-6-12-34(27)39-36(29)35(28)37(31)24-16-13-22(14-17-24)23-15-20-33-30(21-23)26-8-2-5-11-32(26)38-33/h1-21H/i1D,2D,3D,4D,5D,6D,7D,8D,9D,10D,11D,12D,15D,18D,19D,20D,21D. The lowest BCUT2D eigenvalue weighted by molar-refractivity contribution is 0.669. The van der Waals surface area contributed by atoms with Crippen LogP contribution in [0.5, 0.6) is 0 Å². The fraction of sp³-hybridized carbons (Fsp3) is 0. The van der Waals surface area contributed by atoms with Gasteiger partial charge < -0.3 is 8.98 Å². The van der Waals surface area contributed by atoms with E-state index < -0.39 is 84.6 Å². The van der Waals surface area contributed by atoms with Crippen LogP contribution in [0.1, 0.15) is 23.3 Å². The minimum atomic E-state index is -0.567. The molecule has 0 N–H and O–H groups in total. The lowest BCUT2D eigenvalue weighted by atomic mass is 10.0. The molecule has 0 saturated carbocycles. The van der Waals surface area contributed by atoms with E-state index in [0.29, 0.717) is 0 Å². The molecule has 0 unspecified atom stereocenters. The van der Waals surface area contributed by atoms with E-state index in [4.69, 9.17) is 26.3 Å². The first-order valence-corrected chi connectivity index (χ1v) is 12.6. The number of thiophene rings is 1. The Morgan fingerprint density at radius 2 is 1.28 bits per heavy atom. The summed E-state index contributed by atoms with van der Waals surface area (Å²) < 4.78 is 154. The Labute approximate surface area is 251 Å². The average molecular weight is 533 g/mol. The van der Waals surface area contributed by atoms with Gasteiger partial charge in [0.15, 0.2) is 0 Å². The third kappa shape index (κ3) is 2.96. The zero-order valence-corrected chi connectivity index (χ0v) is 20.4. The van der Waals surface area contributed by atoms with Gasteiger partial charge in [-0.25, -0.2) is 0 Å². The molecule has 3 aromatic heterocycles. The Morgan fingerprint density at radius 3 is 2.18 bits per heavy atom. The second-order valence-electron chi connectivity index (χ2n) is 8.85. The van der Waals surface area contributed by atoms with Crippen LogP contribution in [0.3, 0.4) is 0 Å². The minimum Gasteiger partial charge on any atom is -0.456 e. The van der Waals surface area contributed by atoms with Gasteiger partial charge in [0.2, 0.25) is 0 Å². The van der Waals surface area contributed by atoms with Crippen molar-refractivity contribution in [3.8, 4) is 16.8 Å². The lowest BCUT2D eigenvalue weighted by Gasteiger charge is -2.10. The Balaban J connectivity index is 1.39. The van der Waals surface area contributed by atoms with Gasteiger partial charge in [-0.15, -0.1) is 11.3 Å². The molecule has 9 rings (SSSR count). The van der Waals surface area contributed by atoms with Crippen LogP contribution in [-0.4, -0.2) is 4.57 Å². The van der Waals surface area contributed by atoms with Crippen molar-refractivity contribution in [1.29, 1.82) is 0 Å². The molecule has 6 aromatic carbocycles. The van der Waals surface area contributed by atoms with Gasteiger partial charge in [-0.2, -0.15) is 0 Å². The van der Waals surface area contributed by atoms with Crippen molar-refractivity contribution in [2.75, 3.05) is 0 Å². The minimum absolute atomic E-state index is 0.0120. The van der Waals surface area contributed by atoms with Crippen LogP contribution < -0.4 is 0 Å². The fourth-order valence-corrected chi connectivity index (χ4v) is 6.15. The van der Waals surface area contributed by atoms with Crippen molar-refractivity contribution in [1.82, 2.24) is 4.57 Å². The highest BCUT2D eigenvalue weighted by Crippen LogP contribution is 2.43. The topological polar surface area (TPSA) is 18.1 Å². The molecule has 0 aliphatic heterocycles. The third-order valence-electron chi connectivity index (χ3n) is 6.76. The number of rotatable bonds is 2. The van der Waals surface area contributed by atoms with E-state index in [1.807, 2.05) is 0 Å². The SMILES string of the molecule is [2H]c1c([2H])c([2H])c2c(oc3c([2H])c([2H])c(-c4ccc(-n5c6c([2H])c([2H])c([2H])c([2H])c6c6c([2H])c([2H])c7c(sc8c([2H])c([2H])c([2H])c([2H])c87)c65)cc4)c([2H])c32)c1[2H]. The molecular weight excluding hydrogens is 494 g/mol. The van der Waals surface area contributed by atoms with Crippen molar-refractivity contribution in [3.05, 3.63) is 127 Å². The normalized spacial score (nSPS) is 18.2. The van der Waals surface area contributed by atoms with Crippen molar-refractivity contribution >= 4 is 75.3 Å². The maximum absolute atomic E-state index is 9.18. The second-order valence-corrected chi connectivity index (χ2v) is 9.87. The maximum Gasteiger partial charge on any atom is 0.135 e. The fourth-order valence-electron chi connectivity index (χ4n) is 5.05. The molecule has 182 valence electrons. The molecule has 3 heterocycles. The molecule has 0 aliphatic rings. The quantitative estimate of drug-likeness (QED) is 0.216. The van der Waals surface area contributed by atoms with Gasteiger partial charge in [0.25, 0.3) is 0 Å². The van der Waals surface area contributed by atoms with Gasteiger partial charge in [-0.3, -0.25) is 0 Å². The van der Waals surface area contributed by atoms with Gasteiger partial charge in [-0.05, 0) is 53.5 Å². The van der Waals surface area contributed by atoms with Crippen LogP contribution in [-0.2, 0) is 0 Å². The van der Waals surface area contributed by atoms with E-state index in [1.54, 1.807) is 0 Å². The van der Waals surface area contributed by atoms with Crippen LogP contribution >= 0.6 is 11.3 Å². The highest BCUT2D eigenvalue weighted by atomic mass is 32.1. The summed E-state index contributed by atoms with van der Waals surface area (Å²) in [4.78, 5) is 0. The van der Waals surface area contributed by atoms with E-state index in [-0.39, 0.29) is 98.9 Å². The Hall–Kier alpha value is -4.86. The number of hydrogen-bond acceptors (Lipinski definition) is 2. The van der Waals surface area contributed by atoms with E-state index in [1.165, 1.54) is 28.8 Å². The molecule has 0 bridgehead atoms. The van der Waals surface area contributed by atoms with E-state index in [0.717, 1.165) is 11.3 Å². The molecule has 2 nitrogen and oxygen atoms in total. The number of benzene rings is 6. The first kappa shape index (κ1) is 10.7. The summed E-state index contributed by atoms with van der Waals surface area (Å²) in [5.74, 6) is 0. The second kappa shape index (κ2) is 7.83. The summed E-state index contributed by atoms with van der Waals surface area (Å²) in [6.45, 7) is 0. The number of aromatic nitrogens is 1. The lowest BCUT2D eigenvalue weighted by Crippen LogP contribution is -1.93. The highest BCUT2D eigenvalue weighted by Gasteiger charge is 2.17. The molecular formula is C36H21NOS. The summed E-state index contributed by atoms with van der Waals surface area (Å²) in [5, 5.41) is -0.109. The number of hydrogen-bond donors (Lipinski definition) is 0. The van der Waals surface area contributed by atoms with E-state index >= 15 is 0 Å². The van der Waals surface area contributed by atoms with Crippen molar-refractivity contribution in [2.24, 2.45) is 0 Å². The summed E-state index contributed by atoms with van der Waals surface area (Å²) in [6.07, 6.45) is 0. The van der Waals surface area contributed by atoms with Gasteiger partial charge in [0.1, 0.15) is 11.2 Å². The first-order chi connectivity index (χ1) is 26.4. The Morgan fingerprint density at radius 1 is 0.564 bits per heavy atom. The molecule has 0 saturated heterocycles. The zero-order chi connectivity index (χ0) is 40.3. The molecule has 0 amide bonds. The molecule has 0 radical (unpaired) electrons. The van der Waals surface area contributed by atoms with Gasteiger partial charge in [0, 0.05) is 42.7 Å². The van der Waals surface area contributed by atoms with Gasteiger partial charge in [-0.1, -0.05) is 84.6 Å². The maximum atomic E-state index is 9.18. The predicted molar refractivity (Wildman–Crippen MR) is 166 cm³/mol. The van der Waals surface area contributed by atoms with Crippen molar-refractivity contribution < 1.29 is 27.7 Å². The van der Waals surface area contributed by atoms with Crippen LogP contribution in [0.25, 0.3) is 80.7 Å². The van der Waals surface area contributed by atoms with Gasteiger partial charge in [0.05, 0.1) is 39.0 Å². The third-order valence-corrected chi connectivity index (χ3v) is 7.87. The van der Waals surface area contributed by atoms with Crippen LogP contribution in [0.4, 0.5) is 0 Å². The van der Waals surface area contributed by atoms with Gasteiger partial charge >= 0.3 is 0 Å². The van der Waals surface area contributed by atoms with Crippen LogP contribution in [0.2, 0.25) is 0 Å².